The topological polar surface area (TPSA) is 39.1 Å². The van der Waals surface area contributed by atoms with E-state index in [2.05, 4.69) is 40.2 Å². The van der Waals surface area contributed by atoms with Crippen molar-refractivity contribution in [1.82, 2.24) is 15.1 Å². The van der Waals surface area contributed by atoms with Crippen molar-refractivity contribution in [3.05, 3.63) is 53.9 Å². The first-order valence-electron chi connectivity index (χ1n) is 7.08. The van der Waals surface area contributed by atoms with Gasteiger partial charge in [-0.3, -0.25) is 4.68 Å². The summed E-state index contributed by atoms with van der Waals surface area (Å²) >= 11 is 0. The van der Waals surface area contributed by atoms with E-state index in [1.165, 1.54) is 5.56 Å². The van der Waals surface area contributed by atoms with Gasteiger partial charge in [-0.15, -0.1) is 0 Å². The van der Waals surface area contributed by atoms with Crippen LogP contribution >= 0.6 is 0 Å². The van der Waals surface area contributed by atoms with Crippen LogP contribution in [0.1, 0.15) is 36.7 Å². The quantitative estimate of drug-likeness (QED) is 0.843. The van der Waals surface area contributed by atoms with Gasteiger partial charge in [0.25, 0.3) is 0 Å². The van der Waals surface area contributed by atoms with Crippen LogP contribution in [0.5, 0.6) is 0 Å². The van der Waals surface area contributed by atoms with Crippen molar-refractivity contribution >= 4 is 0 Å². The SMILES string of the molecule is CCCn1nccc1C(NC)C(OC)c1ccccc1. The zero-order chi connectivity index (χ0) is 14.4. The Balaban J connectivity index is 2.32. The molecular formula is C16H23N3O. The number of methoxy groups -OCH3 is 1. The summed E-state index contributed by atoms with van der Waals surface area (Å²) in [6.07, 6.45) is 2.88. The van der Waals surface area contributed by atoms with Crippen LogP contribution in [-0.4, -0.2) is 23.9 Å². The first-order valence-corrected chi connectivity index (χ1v) is 7.08. The minimum Gasteiger partial charge on any atom is -0.375 e. The third-order valence-electron chi connectivity index (χ3n) is 3.50. The smallest absolute Gasteiger partial charge is 0.103 e. The van der Waals surface area contributed by atoms with Gasteiger partial charge < -0.3 is 10.1 Å². The highest BCUT2D eigenvalue weighted by Crippen LogP contribution is 2.31. The molecule has 2 atom stereocenters. The lowest BCUT2D eigenvalue weighted by Gasteiger charge is -2.26. The number of aryl methyl sites for hydroxylation is 1. The fourth-order valence-corrected chi connectivity index (χ4v) is 2.57. The van der Waals surface area contributed by atoms with Gasteiger partial charge in [0, 0.05) is 19.9 Å². The van der Waals surface area contributed by atoms with Crippen LogP contribution in [0.4, 0.5) is 0 Å². The summed E-state index contributed by atoms with van der Waals surface area (Å²) in [6, 6.07) is 12.4. The van der Waals surface area contributed by atoms with Crippen LogP contribution in [0.2, 0.25) is 0 Å². The lowest BCUT2D eigenvalue weighted by atomic mass is 9.99. The Morgan fingerprint density at radius 3 is 2.60 bits per heavy atom. The highest BCUT2D eigenvalue weighted by molar-refractivity contribution is 5.22. The lowest BCUT2D eigenvalue weighted by Crippen LogP contribution is -2.27. The van der Waals surface area contributed by atoms with E-state index in [0.29, 0.717) is 0 Å². The molecule has 0 bridgehead atoms. The molecule has 0 amide bonds. The molecule has 0 aliphatic rings. The van der Waals surface area contributed by atoms with Crippen molar-refractivity contribution < 1.29 is 4.74 Å². The Kier molecular flexibility index (Phi) is 5.32. The lowest BCUT2D eigenvalue weighted by molar-refractivity contribution is 0.0672. The number of rotatable bonds is 7. The minimum atomic E-state index is -0.0338. The maximum absolute atomic E-state index is 5.74. The monoisotopic (exact) mass is 273 g/mol. The molecule has 2 aromatic rings. The normalized spacial score (nSPS) is 14.2. The fraction of sp³-hybridized carbons (Fsp3) is 0.438. The Hall–Kier alpha value is -1.65. The predicted octanol–water partition coefficient (Wildman–Crippen LogP) is 2.94. The molecule has 0 spiro atoms. The largest absolute Gasteiger partial charge is 0.375 e. The Morgan fingerprint density at radius 2 is 2.00 bits per heavy atom. The third kappa shape index (κ3) is 3.08. The molecule has 2 unspecified atom stereocenters. The average molecular weight is 273 g/mol. The van der Waals surface area contributed by atoms with E-state index in [1.54, 1.807) is 7.11 Å². The van der Waals surface area contributed by atoms with E-state index in [0.717, 1.165) is 18.7 Å². The van der Waals surface area contributed by atoms with Gasteiger partial charge >= 0.3 is 0 Å². The number of likely N-dealkylation sites (N-methyl/N-ethyl adjacent to an activating group) is 1. The molecule has 1 aromatic heterocycles. The molecule has 108 valence electrons. The van der Waals surface area contributed by atoms with Gasteiger partial charge in [0.2, 0.25) is 0 Å². The molecule has 4 heteroatoms. The van der Waals surface area contributed by atoms with Crippen LogP contribution in [-0.2, 0) is 11.3 Å². The second-order valence-electron chi connectivity index (χ2n) is 4.81. The molecule has 0 aliphatic heterocycles. The van der Waals surface area contributed by atoms with E-state index < -0.39 is 0 Å². The van der Waals surface area contributed by atoms with Crippen molar-refractivity contribution in [3.8, 4) is 0 Å². The van der Waals surface area contributed by atoms with Gasteiger partial charge in [0.1, 0.15) is 6.10 Å². The molecule has 20 heavy (non-hydrogen) atoms. The highest BCUT2D eigenvalue weighted by Gasteiger charge is 2.25. The van der Waals surface area contributed by atoms with Crippen molar-refractivity contribution in [1.29, 1.82) is 0 Å². The Labute approximate surface area is 120 Å². The summed E-state index contributed by atoms with van der Waals surface area (Å²) in [5.74, 6) is 0. The first-order chi connectivity index (χ1) is 9.81. The minimum absolute atomic E-state index is 0.0338. The van der Waals surface area contributed by atoms with Crippen molar-refractivity contribution in [3.63, 3.8) is 0 Å². The number of nitrogens with one attached hydrogen (secondary N) is 1. The number of aromatic nitrogens is 2. The van der Waals surface area contributed by atoms with Crippen molar-refractivity contribution in [2.24, 2.45) is 0 Å². The number of ether oxygens (including phenoxy) is 1. The van der Waals surface area contributed by atoms with Gasteiger partial charge in [-0.1, -0.05) is 37.3 Å². The first kappa shape index (κ1) is 14.8. The molecule has 0 saturated carbocycles. The molecule has 0 saturated heterocycles. The van der Waals surface area contributed by atoms with Crippen molar-refractivity contribution in [2.45, 2.75) is 32.0 Å². The van der Waals surface area contributed by atoms with Gasteiger partial charge in [-0.05, 0) is 25.1 Å². The molecule has 1 aromatic carbocycles. The molecule has 0 aliphatic carbocycles. The van der Waals surface area contributed by atoms with Crippen LogP contribution < -0.4 is 5.32 Å². The van der Waals surface area contributed by atoms with E-state index in [-0.39, 0.29) is 12.1 Å². The number of benzene rings is 1. The standard InChI is InChI=1S/C16H23N3O/c1-4-12-19-14(10-11-18-19)15(17-2)16(20-3)13-8-6-5-7-9-13/h5-11,15-17H,4,12H2,1-3H3. The molecule has 4 nitrogen and oxygen atoms in total. The second kappa shape index (κ2) is 7.22. The van der Waals surface area contributed by atoms with Crippen LogP contribution in [0.25, 0.3) is 0 Å². The third-order valence-corrected chi connectivity index (χ3v) is 3.50. The molecule has 0 fully saturated rings. The van der Waals surface area contributed by atoms with Gasteiger partial charge in [0.15, 0.2) is 0 Å². The van der Waals surface area contributed by atoms with E-state index in [1.807, 2.05) is 31.4 Å². The summed E-state index contributed by atoms with van der Waals surface area (Å²) in [7, 11) is 3.71. The number of hydrogen-bond acceptors (Lipinski definition) is 3. The zero-order valence-corrected chi connectivity index (χ0v) is 12.4. The molecule has 1 heterocycles. The van der Waals surface area contributed by atoms with Gasteiger partial charge in [-0.2, -0.15) is 5.10 Å². The van der Waals surface area contributed by atoms with Crippen molar-refractivity contribution in [2.75, 3.05) is 14.2 Å². The molecule has 2 rings (SSSR count). The summed E-state index contributed by atoms with van der Waals surface area (Å²) < 4.78 is 7.79. The average Bonchev–Trinajstić information content (AvgIpc) is 2.94. The molecule has 1 N–H and O–H groups in total. The zero-order valence-electron chi connectivity index (χ0n) is 12.4. The highest BCUT2D eigenvalue weighted by atomic mass is 16.5. The maximum atomic E-state index is 5.74. The fourth-order valence-electron chi connectivity index (χ4n) is 2.57. The maximum Gasteiger partial charge on any atom is 0.103 e. The molecular weight excluding hydrogens is 250 g/mol. The van der Waals surface area contributed by atoms with E-state index >= 15 is 0 Å². The van der Waals surface area contributed by atoms with E-state index in [4.69, 9.17) is 4.74 Å². The second-order valence-corrected chi connectivity index (χ2v) is 4.81. The summed E-state index contributed by atoms with van der Waals surface area (Å²) in [5, 5.41) is 7.77. The van der Waals surface area contributed by atoms with Crippen LogP contribution in [0, 0.1) is 0 Å². The predicted molar refractivity (Wildman–Crippen MR) is 80.5 cm³/mol. The Bertz CT molecular complexity index is 509. The van der Waals surface area contributed by atoms with Gasteiger partial charge in [0.05, 0.1) is 11.7 Å². The van der Waals surface area contributed by atoms with Gasteiger partial charge in [-0.25, -0.2) is 0 Å². The Morgan fingerprint density at radius 1 is 1.25 bits per heavy atom. The summed E-state index contributed by atoms with van der Waals surface area (Å²) in [4.78, 5) is 0. The summed E-state index contributed by atoms with van der Waals surface area (Å²) in [6.45, 7) is 3.08. The summed E-state index contributed by atoms with van der Waals surface area (Å²) in [5.41, 5.74) is 2.32. The number of hydrogen-bond donors (Lipinski definition) is 1. The van der Waals surface area contributed by atoms with Crippen LogP contribution in [0.3, 0.4) is 0 Å². The van der Waals surface area contributed by atoms with E-state index in [9.17, 15) is 0 Å². The number of nitrogens with zero attached hydrogens (tertiary/aromatic N) is 2. The molecule has 0 radical (unpaired) electrons. The van der Waals surface area contributed by atoms with Crippen LogP contribution in [0.15, 0.2) is 42.6 Å².